The molecular weight excluding hydrogens is 452 g/mol. The molecule has 2 heterocycles. The fraction of sp³-hybridized carbons (Fsp3) is 0.179. The van der Waals surface area contributed by atoms with Gasteiger partial charge in [-0.3, -0.25) is 0 Å². The Morgan fingerprint density at radius 3 is 2.46 bits per heavy atom. The Morgan fingerprint density at radius 2 is 1.83 bits per heavy atom. The van der Waals surface area contributed by atoms with Gasteiger partial charge in [0.05, 0.1) is 23.9 Å². The number of rotatable bonds is 9. The number of hydrogen-bond donors (Lipinski definition) is 3. The van der Waals surface area contributed by atoms with E-state index in [4.69, 9.17) is 10.2 Å². The molecule has 0 saturated heterocycles. The predicted molar refractivity (Wildman–Crippen MR) is 144 cm³/mol. The molecule has 35 heavy (non-hydrogen) atoms. The second-order valence-electron chi connectivity index (χ2n) is 8.52. The minimum Gasteiger partial charge on any atom is -0.343 e. The molecule has 2 unspecified atom stereocenters. The van der Waals surface area contributed by atoms with Gasteiger partial charge in [0.25, 0.3) is 0 Å². The van der Waals surface area contributed by atoms with Gasteiger partial charge in [0.15, 0.2) is 0 Å². The highest BCUT2D eigenvalue weighted by molar-refractivity contribution is 7.78. The molecule has 4 aromatic rings. The topological polar surface area (TPSA) is 78.6 Å². The van der Waals surface area contributed by atoms with Crippen LogP contribution >= 0.6 is 12.8 Å². The second kappa shape index (κ2) is 11.0. The van der Waals surface area contributed by atoms with E-state index in [-0.39, 0.29) is 12.0 Å². The number of hydrogen-bond acceptors (Lipinski definition) is 6. The molecule has 0 fully saturated rings. The molecule has 2 N–H and O–H groups in total. The number of pyridine rings is 1. The molecule has 7 heteroatoms. The fourth-order valence-electron chi connectivity index (χ4n) is 4.01. The van der Waals surface area contributed by atoms with Crippen LogP contribution in [-0.4, -0.2) is 20.7 Å². The van der Waals surface area contributed by atoms with Crippen molar-refractivity contribution in [3.63, 3.8) is 0 Å². The maximum Gasteiger partial charge on any atom is 0.130 e. The van der Waals surface area contributed by atoms with Gasteiger partial charge in [0.2, 0.25) is 0 Å². The predicted octanol–water partition coefficient (Wildman–Crippen LogP) is 5.88. The van der Waals surface area contributed by atoms with Crippen LogP contribution in [0.3, 0.4) is 0 Å². The van der Waals surface area contributed by atoms with E-state index in [2.05, 4.69) is 60.3 Å². The van der Waals surface area contributed by atoms with Crippen molar-refractivity contribution >= 4 is 18.6 Å². The summed E-state index contributed by atoms with van der Waals surface area (Å²) in [6, 6.07) is 24.0. The Balaban J connectivity index is 1.49. The molecule has 2 atom stereocenters. The van der Waals surface area contributed by atoms with Crippen molar-refractivity contribution in [3.8, 4) is 17.2 Å². The smallest absolute Gasteiger partial charge is 0.130 e. The Kier molecular flexibility index (Phi) is 7.66. The number of aromatic nitrogens is 3. The van der Waals surface area contributed by atoms with Crippen LogP contribution in [0.25, 0.3) is 11.1 Å². The van der Waals surface area contributed by atoms with E-state index in [1.54, 1.807) is 6.20 Å². The van der Waals surface area contributed by atoms with Gasteiger partial charge >= 0.3 is 0 Å². The highest BCUT2D eigenvalue weighted by Gasteiger charge is 2.18. The minimum atomic E-state index is -0.110. The summed E-state index contributed by atoms with van der Waals surface area (Å²) in [7, 11) is 0. The number of aryl methyl sites for hydroxylation is 1. The van der Waals surface area contributed by atoms with Gasteiger partial charge in [-0.1, -0.05) is 56.0 Å². The lowest BCUT2D eigenvalue weighted by atomic mass is 9.98. The van der Waals surface area contributed by atoms with Crippen LogP contribution in [0.15, 0.2) is 91.4 Å². The third-order valence-electron chi connectivity index (χ3n) is 5.97. The summed E-state index contributed by atoms with van der Waals surface area (Å²) in [5.74, 6) is 0.992. The standard InChI is InChI=1S/C28H28N6S/c1-19(23-11-9-22(15-29)10-12-23)16-30-28(24-7-5-4-6-8-24)21(3)33-27-14-13-26(20(2)32-27)25-17-31-34(35)18-25/h4-14,17-19,28,30,35H,3,16H2,1-2H3,(H,32,33). The first-order valence-corrected chi connectivity index (χ1v) is 11.8. The van der Waals surface area contributed by atoms with E-state index >= 15 is 0 Å². The number of nitrogens with one attached hydrogen (secondary N) is 2. The lowest BCUT2D eigenvalue weighted by Crippen LogP contribution is -2.29. The van der Waals surface area contributed by atoms with Crippen LogP contribution in [0.2, 0.25) is 0 Å². The molecule has 4 rings (SSSR count). The quantitative estimate of drug-likeness (QED) is 0.261. The molecule has 0 saturated carbocycles. The lowest BCUT2D eigenvalue weighted by Gasteiger charge is -2.25. The third-order valence-corrected chi connectivity index (χ3v) is 6.19. The molecule has 2 aromatic heterocycles. The zero-order valence-electron chi connectivity index (χ0n) is 19.8. The molecule has 0 radical (unpaired) electrons. The SMILES string of the molecule is C=C(Nc1ccc(-c2cnn(S)c2)c(C)n1)C(NCC(C)c1ccc(C#N)cc1)c1ccccc1. The molecule has 0 aliphatic heterocycles. The van der Waals surface area contributed by atoms with Crippen LogP contribution in [0.5, 0.6) is 0 Å². The van der Waals surface area contributed by atoms with Crippen molar-refractivity contribution in [3.05, 3.63) is 114 Å². The first-order valence-electron chi connectivity index (χ1n) is 11.4. The number of nitrogens with zero attached hydrogens (tertiary/aromatic N) is 4. The highest BCUT2D eigenvalue weighted by atomic mass is 32.1. The number of benzene rings is 2. The monoisotopic (exact) mass is 480 g/mol. The summed E-state index contributed by atoms with van der Waals surface area (Å²) in [6.07, 6.45) is 3.62. The van der Waals surface area contributed by atoms with E-state index in [1.165, 1.54) is 9.65 Å². The molecule has 0 spiro atoms. The summed E-state index contributed by atoms with van der Waals surface area (Å²) < 4.78 is 1.48. The minimum absolute atomic E-state index is 0.110. The number of thiol groups is 1. The van der Waals surface area contributed by atoms with Gasteiger partial charge < -0.3 is 10.6 Å². The van der Waals surface area contributed by atoms with Gasteiger partial charge in [0.1, 0.15) is 5.82 Å². The summed E-state index contributed by atoms with van der Waals surface area (Å²) in [4.78, 5) is 4.75. The van der Waals surface area contributed by atoms with Crippen LogP contribution in [0, 0.1) is 18.3 Å². The van der Waals surface area contributed by atoms with E-state index in [0.29, 0.717) is 5.56 Å². The van der Waals surface area contributed by atoms with E-state index in [9.17, 15) is 0 Å². The largest absolute Gasteiger partial charge is 0.343 e. The Bertz CT molecular complexity index is 1340. The summed E-state index contributed by atoms with van der Waals surface area (Å²) >= 11 is 4.22. The number of anilines is 1. The second-order valence-corrected chi connectivity index (χ2v) is 8.93. The van der Waals surface area contributed by atoms with E-state index in [1.807, 2.05) is 67.7 Å². The molecule has 0 aliphatic carbocycles. The lowest BCUT2D eigenvalue weighted by molar-refractivity contribution is 0.555. The van der Waals surface area contributed by atoms with Crippen molar-refractivity contribution in [2.45, 2.75) is 25.8 Å². The first-order chi connectivity index (χ1) is 16.9. The van der Waals surface area contributed by atoms with Crippen molar-refractivity contribution in [2.75, 3.05) is 11.9 Å². The van der Waals surface area contributed by atoms with Gasteiger partial charge in [-0.2, -0.15) is 10.4 Å². The Labute approximate surface area is 211 Å². The van der Waals surface area contributed by atoms with Crippen LogP contribution in [0.1, 0.15) is 41.3 Å². The molecule has 0 amide bonds. The van der Waals surface area contributed by atoms with Crippen LogP contribution < -0.4 is 10.6 Å². The summed E-state index contributed by atoms with van der Waals surface area (Å²) in [5, 5.41) is 20.2. The van der Waals surface area contributed by atoms with Gasteiger partial charge in [-0.25, -0.2) is 9.07 Å². The average molecular weight is 481 g/mol. The third kappa shape index (κ3) is 5.99. The fourth-order valence-corrected chi connectivity index (χ4v) is 4.19. The van der Waals surface area contributed by atoms with E-state index in [0.717, 1.165) is 40.4 Å². The first kappa shape index (κ1) is 24.3. The van der Waals surface area contributed by atoms with Crippen molar-refractivity contribution < 1.29 is 0 Å². The zero-order chi connectivity index (χ0) is 24.8. The van der Waals surface area contributed by atoms with Crippen molar-refractivity contribution in [1.82, 2.24) is 19.5 Å². The normalized spacial score (nSPS) is 12.5. The van der Waals surface area contributed by atoms with Crippen LogP contribution in [-0.2, 0) is 0 Å². The molecule has 2 aromatic carbocycles. The maximum atomic E-state index is 9.05. The maximum absolute atomic E-state index is 9.05. The number of nitriles is 1. The van der Waals surface area contributed by atoms with E-state index < -0.39 is 0 Å². The van der Waals surface area contributed by atoms with Gasteiger partial charge in [0, 0.05) is 35.3 Å². The van der Waals surface area contributed by atoms with Gasteiger partial charge in [-0.15, -0.1) is 0 Å². The zero-order valence-corrected chi connectivity index (χ0v) is 20.7. The highest BCUT2D eigenvalue weighted by Crippen LogP contribution is 2.27. The Hall–Kier alpha value is -3.86. The van der Waals surface area contributed by atoms with Crippen LogP contribution in [0.4, 0.5) is 5.82 Å². The summed E-state index contributed by atoms with van der Waals surface area (Å²) in [6.45, 7) is 9.23. The van der Waals surface area contributed by atoms with Gasteiger partial charge in [-0.05, 0) is 61.0 Å². The average Bonchev–Trinajstić information content (AvgIpc) is 3.30. The molecule has 176 valence electrons. The molecule has 0 bridgehead atoms. The molecule has 0 aliphatic rings. The molecular formula is C28H28N6S. The van der Waals surface area contributed by atoms with Crippen molar-refractivity contribution in [1.29, 1.82) is 5.26 Å². The summed E-state index contributed by atoms with van der Waals surface area (Å²) in [5.41, 5.74) is 6.65. The van der Waals surface area contributed by atoms with Crippen molar-refractivity contribution in [2.24, 2.45) is 0 Å². The Morgan fingerprint density at radius 1 is 1.09 bits per heavy atom. The molecule has 6 nitrogen and oxygen atoms in total.